The fourth-order valence-corrected chi connectivity index (χ4v) is 3.50. The highest BCUT2D eigenvalue weighted by Crippen LogP contribution is 2.28. The summed E-state index contributed by atoms with van der Waals surface area (Å²) in [5, 5.41) is 3.19. The fraction of sp³-hybridized carbons (Fsp3) is 0.476. The first-order chi connectivity index (χ1) is 13.2. The van der Waals surface area contributed by atoms with E-state index in [9.17, 15) is 4.79 Å². The maximum absolute atomic E-state index is 12.9. The Labute approximate surface area is 160 Å². The Morgan fingerprint density at radius 1 is 1.11 bits per heavy atom. The maximum atomic E-state index is 12.9. The molecule has 1 saturated carbocycles. The third kappa shape index (κ3) is 5.18. The molecule has 1 aromatic carbocycles. The fourth-order valence-electron chi connectivity index (χ4n) is 3.50. The van der Waals surface area contributed by atoms with Crippen LogP contribution >= 0.6 is 0 Å². The highest BCUT2D eigenvalue weighted by molar-refractivity contribution is 5.74. The van der Waals surface area contributed by atoms with Gasteiger partial charge in [0, 0.05) is 12.6 Å². The molecule has 0 unspecified atom stereocenters. The molecule has 6 nitrogen and oxygen atoms in total. The molecule has 6 heteroatoms. The van der Waals surface area contributed by atoms with Crippen molar-refractivity contribution in [3.63, 3.8) is 0 Å². The normalized spacial score (nSPS) is 14.6. The van der Waals surface area contributed by atoms with Crippen LogP contribution in [-0.2, 0) is 13.1 Å². The largest absolute Gasteiger partial charge is 0.493 e. The number of ether oxygens (including phenoxy) is 2. The molecule has 1 aliphatic rings. The van der Waals surface area contributed by atoms with Crippen molar-refractivity contribution in [2.75, 3.05) is 14.2 Å². The number of methoxy groups -OCH3 is 2. The Balaban J connectivity index is 1.73. The molecule has 1 aromatic heterocycles. The molecule has 146 valence electrons. The summed E-state index contributed by atoms with van der Waals surface area (Å²) in [6, 6.07) is 9.63. The summed E-state index contributed by atoms with van der Waals surface area (Å²) in [7, 11) is 3.22. The maximum Gasteiger partial charge on any atom is 0.318 e. The summed E-state index contributed by atoms with van der Waals surface area (Å²) in [6.45, 7) is 0.875. The van der Waals surface area contributed by atoms with Crippen LogP contribution in [-0.4, -0.2) is 31.2 Å². The lowest BCUT2D eigenvalue weighted by Crippen LogP contribution is -2.44. The van der Waals surface area contributed by atoms with E-state index < -0.39 is 0 Å². The Bertz CT molecular complexity index is 724. The van der Waals surface area contributed by atoms with Gasteiger partial charge in [-0.3, -0.25) is 0 Å². The number of amides is 2. The SMILES string of the molecule is COc1ccc(CN(Cc2ccco2)C(=O)NC2CCCCC2)cc1OC. The number of hydrogen-bond donors (Lipinski definition) is 1. The predicted octanol–water partition coefficient (Wildman–Crippen LogP) is 4.34. The van der Waals surface area contributed by atoms with Gasteiger partial charge in [-0.1, -0.05) is 25.3 Å². The van der Waals surface area contributed by atoms with Crippen LogP contribution in [0.1, 0.15) is 43.4 Å². The van der Waals surface area contributed by atoms with E-state index in [0.29, 0.717) is 24.6 Å². The molecule has 1 aliphatic carbocycles. The van der Waals surface area contributed by atoms with Crippen LogP contribution in [0.25, 0.3) is 0 Å². The second-order valence-corrected chi connectivity index (χ2v) is 6.91. The number of urea groups is 1. The van der Waals surface area contributed by atoms with Gasteiger partial charge in [-0.25, -0.2) is 4.79 Å². The lowest BCUT2D eigenvalue weighted by molar-refractivity contribution is 0.179. The van der Waals surface area contributed by atoms with Gasteiger partial charge in [0.2, 0.25) is 0 Å². The quantitative estimate of drug-likeness (QED) is 0.785. The molecule has 0 bridgehead atoms. The standard InChI is InChI=1S/C21H28N2O4/c1-25-19-11-10-16(13-20(19)26-2)14-23(15-18-9-6-12-27-18)21(24)22-17-7-4-3-5-8-17/h6,9-13,17H,3-5,7-8,14-15H2,1-2H3,(H,22,24). The first kappa shape index (κ1) is 19.1. The van der Waals surface area contributed by atoms with Crippen molar-refractivity contribution in [2.45, 2.75) is 51.2 Å². The molecule has 0 radical (unpaired) electrons. The minimum absolute atomic E-state index is 0.0620. The second-order valence-electron chi connectivity index (χ2n) is 6.91. The molecule has 2 amide bonds. The van der Waals surface area contributed by atoms with Gasteiger partial charge in [0.15, 0.2) is 11.5 Å². The summed E-state index contributed by atoms with van der Waals surface area (Å²) in [5.41, 5.74) is 0.970. The number of carbonyl (C=O) groups excluding carboxylic acids is 1. The third-order valence-electron chi connectivity index (χ3n) is 4.97. The van der Waals surface area contributed by atoms with Gasteiger partial charge in [-0.05, 0) is 42.7 Å². The van der Waals surface area contributed by atoms with Crippen molar-refractivity contribution in [2.24, 2.45) is 0 Å². The van der Waals surface area contributed by atoms with Crippen LogP contribution < -0.4 is 14.8 Å². The number of furan rings is 1. The lowest BCUT2D eigenvalue weighted by Gasteiger charge is -2.28. The molecule has 3 rings (SSSR count). The molecule has 27 heavy (non-hydrogen) atoms. The average molecular weight is 372 g/mol. The van der Waals surface area contributed by atoms with Gasteiger partial charge in [-0.2, -0.15) is 0 Å². The summed E-state index contributed by atoms with van der Waals surface area (Å²) >= 11 is 0. The van der Waals surface area contributed by atoms with Crippen molar-refractivity contribution >= 4 is 6.03 Å². The number of carbonyl (C=O) groups is 1. The van der Waals surface area contributed by atoms with Gasteiger partial charge in [0.25, 0.3) is 0 Å². The minimum atomic E-state index is -0.0620. The van der Waals surface area contributed by atoms with E-state index in [2.05, 4.69) is 5.32 Å². The van der Waals surface area contributed by atoms with E-state index in [1.165, 1.54) is 19.3 Å². The van der Waals surface area contributed by atoms with Crippen LogP contribution in [0.2, 0.25) is 0 Å². The first-order valence-electron chi connectivity index (χ1n) is 9.48. The summed E-state index contributed by atoms with van der Waals surface area (Å²) in [4.78, 5) is 14.7. The van der Waals surface area contributed by atoms with Gasteiger partial charge in [0.1, 0.15) is 5.76 Å². The number of nitrogens with one attached hydrogen (secondary N) is 1. The average Bonchev–Trinajstić information content (AvgIpc) is 3.21. The first-order valence-corrected chi connectivity index (χ1v) is 9.48. The molecule has 1 heterocycles. The zero-order valence-corrected chi connectivity index (χ0v) is 16.1. The molecular weight excluding hydrogens is 344 g/mol. The van der Waals surface area contributed by atoms with Crippen LogP contribution in [0.4, 0.5) is 4.79 Å². The number of benzene rings is 1. The zero-order chi connectivity index (χ0) is 19.1. The Morgan fingerprint density at radius 3 is 2.56 bits per heavy atom. The smallest absolute Gasteiger partial charge is 0.318 e. The van der Waals surface area contributed by atoms with Crippen LogP contribution in [0, 0.1) is 0 Å². The molecular formula is C21H28N2O4. The lowest BCUT2D eigenvalue weighted by atomic mass is 9.96. The van der Waals surface area contributed by atoms with Crippen molar-refractivity contribution in [3.05, 3.63) is 47.9 Å². The molecule has 0 spiro atoms. The van der Waals surface area contributed by atoms with E-state index in [0.717, 1.165) is 24.2 Å². The van der Waals surface area contributed by atoms with Crippen molar-refractivity contribution in [1.82, 2.24) is 10.2 Å². The molecule has 1 N–H and O–H groups in total. The molecule has 2 aromatic rings. The number of rotatable bonds is 7. The van der Waals surface area contributed by atoms with E-state index in [1.807, 2.05) is 30.3 Å². The van der Waals surface area contributed by atoms with E-state index in [1.54, 1.807) is 25.4 Å². The number of hydrogen-bond acceptors (Lipinski definition) is 4. The van der Waals surface area contributed by atoms with Gasteiger partial charge in [-0.15, -0.1) is 0 Å². The topological polar surface area (TPSA) is 63.9 Å². The van der Waals surface area contributed by atoms with Crippen LogP contribution in [0.3, 0.4) is 0 Å². The highest BCUT2D eigenvalue weighted by Gasteiger charge is 2.21. The summed E-state index contributed by atoms with van der Waals surface area (Å²) in [6.07, 6.45) is 7.35. The molecule has 0 aliphatic heterocycles. The summed E-state index contributed by atoms with van der Waals surface area (Å²) in [5.74, 6) is 2.08. The Kier molecular flexibility index (Phi) is 6.63. The van der Waals surface area contributed by atoms with Crippen LogP contribution in [0.5, 0.6) is 11.5 Å². The molecule has 1 fully saturated rings. The molecule has 0 saturated heterocycles. The van der Waals surface area contributed by atoms with E-state index >= 15 is 0 Å². The number of nitrogens with zero attached hydrogens (tertiary/aromatic N) is 1. The zero-order valence-electron chi connectivity index (χ0n) is 16.1. The Morgan fingerprint density at radius 2 is 1.89 bits per heavy atom. The Hall–Kier alpha value is -2.63. The third-order valence-corrected chi connectivity index (χ3v) is 4.97. The second kappa shape index (κ2) is 9.35. The summed E-state index contributed by atoms with van der Waals surface area (Å²) < 4.78 is 16.1. The predicted molar refractivity (Wildman–Crippen MR) is 103 cm³/mol. The van der Waals surface area contributed by atoms with Crippen molar-refractivity contribution < 1.29 is 18.7 Å². The van der Waals surface area contributed by atoms with Crippen molar-refractivity contribution in [1.29, 1.82) is 0 Å². The van der Waals surface area contributed by atoms with Gasteiger partial charge >= 0.3 is 6.03 Å². The van der Waals surface area contributed by atoms with Gasteiger partial charge in [0.05, 0.1) is 27.0 Å². The van der Waals surface area contributed by atoms with E-state index in [4.69, 9.17) is 13.9 Å². The van der Waals surface area contributed by atoms with Crippen molar-refractivity contribution in [3.8, 4) is 11.5 Å². The van der Waals surface area contributed by atoms with Gasteiger partial charge < -0.3 is 24.1 Å². The van der Waals surface area contributed by atoms with E-state index in [-0.39, 0.29) is 12.1 Å². The molecule has 0 atom stereocenters. The monoisotopic (exact) mass is 372 g/mol. The minimum Gasteiger partial charge on any atom is -0.493 e. The highest BCUT2D eigenvalue weighted by atomic mass is 16.5. The van der Waals surface area contributed by atoms with Crippen LogP contribution in [0.15, 0.2) is 41.0 Å².